The molecule has 98 valence electrons. The van der Waals surface area contributed by atoms with Crippen molar-refractivity contribution in [2.75, 3.05) is 0 Å². The van der Waals surface area contributed by atoms with E-state index >= 15 is 0 Å². The number of nitrogens with one attached hydrogen (secondary N) is 1. The van der Waals surface area contributed by atoms with Gasteiger partial charge in [0, 0.05) is 17.1 Å². The van der Waals surface area contributed by atoms with E-state index in [2.05, 4.69) is 11.1 Å². The van der Waals surface area contributed by atoms with Crippen LogP contribution in [0.25, 0.3) is 10.9 Å². The van der Waals surface area contributed by atoms with E-state index in [1.54, 1.807) is 30.3 Å². The summed E-state index contributed by atoms with van der Waals surface area (Å²) in [5, 5.41) is 18.1. The number of benzene rings is 2. The lowest BCUT2D eigenvalue weighted by atomic mass is 10.1. The van der Waals surface area contributed by atoms with Crippen LogP contribution in [0.1, 0.15) is 15.9 Å². The molecule has 0 saturated carbocycles. The number of aromatic amines is 1. The fraction of sp³-hybridized carbons (Fsp3) is 0. The van der Waals surface area contributed by atoms with Crippen LogP contribution in [0.3, 0.4) is 0 Å². The van der Waals surface area contributed by atoms with Crippen LogP contribution in [0.15, 0.2) is 60.8 Å². The standard InChI is InChI=1S/C9H6N2.C7H6O2/c10-6-7-2-1-3-9-8(7)4-5-11-9;8-7(9)6-4-2-1-3-5-6/h1-5,11H;1-5H,(H,8,9). The quantitative estimate of drug-likeness (QED) is 0.707. The summed E-state index contributed by atoms with van der Waals surface area (Å²) in [4.78, 5) is 13.2. The van der Waals surface area contributed by atoms with Crippen molar-refractivity contribution in [3.05, 3.63) is 71.9 Å². The number of hydrogen-bond donors (Lipinski definition) is 2. The van der Waals surface area contributed by atoms with Crippen LogP contribution < -0.4 is 0 Å². The molecule has 0 spiro atoms. The average molecular weight is 264 g/mol. The van der Waals surface area contributed by atoms with E-state index in [1.807, 2.05) is 30.5 Å². The zero-order chi connectivity index (χ0) is 14.4. The molecule has 0 fully saturated rings. The number of carboxylic acids is 1. The summed E-state index contributed by atoms with van der Waals surface area (Å²) in [5.41, 5.74) is 2.07. The van der Waals surface area contributed by atoms with Gasteiger partial charge in [-0.2, -0.15) is 5.26 Å². The predicted octanol–water partition coefficient (Wildman–Crippen LogP) is 3.42. The van der Waals surface area contributed by atoms with E-state index in [-0.39, 0.29) is 0 Å². The molecule has 2 N–H and O–H groups in total. The number of rotatable bonds is 1. The summed E-state index contributed by atoms with van der Waals surface area (Å²) in [7, 11) is 0. The van der Waals surface area contributed by atoms with Crippen molar-refractivity contribution in [2.24, 2.45) is 0 Å². The van der Waals surface area contributed by atoms with E-state index < -0.39 is 5.97 Å². The lowest BCUT2D eigenvalue weighted by Gasteiger charge is -1.89. The Bertz CT molecular complexity index is 755. The van der Waals surface area contributed by atoms with Gasteiger partial charge in [-0.05, 0) is 30.3 Å². The first kappa shape index (κ1) is 13.4. The van der Waals surface area contributed by atoms with Gasteiger partial charge in [0.1, 0.15) is 0 Å². The summed E-state index contributed by atoms with van der Waals surface area (Å²) in [6, 6.07) is 18.0. The van der Waals surface area contributed by atoms with Gasteiger partial charge in [-0.1, -0.05) is 24.3 Å². The van der Waals surface area contributed by atoms with Crippen LogP contribution in [0, 0.1) is 11.3 Å². The zero-order valence-corrected chi connectivity index (χ0v) is 10.6. The summed E-state index contributed by atoms with van der Waals surface area (Å²) in [6.07, 6.45) is 1.84. The van der Waals surface area contributed by atoms with Crippen LogP contribution in [0.5, 0.6) is 0 Å². The Morgan fingerprint density at radius 3 is 2.40 bits per heavy atom. The smallest absolute Gasteiger partial charge is 0.335 e. The number of carbonyl (C=O) groups is 1. The first-order valence-corrected chi connectivity index (χ1v) is 5.97. The second kappa shape index (κ2) is 6.21. The van der Waals surface area contributed by atoms with Crippen molar-refractivity contribution in [3.63, 3.8) is 0 Å². The largest absolute Gasteiger partial charge is 0.478 e. The maximum atomic E-state index is 10.2. The van der Waals surface area contributed by atoms with Crippen molar-refractivity contribution < 1.29 is 9.90 Å². The second-order valence-electron chi connectivity index (χ2n) is 4.03. The highest BCUT2D eigenvalue weighted by molar-refractivity contribution is 5.87. The molecule has 0 radical (unpaired) electrons. The summed E-state index contributed by atoms with van der Waals surface area (Å²) < 4.78 is 0. The highest BCUT2D eigenvalue weighted by Gasteiger charge is 1.98. The van der Waals surface area contributed by atoms with Gasteiger partial charge in [0.25, 0.3) is 0 Å². The minimum absolute atomic E-state index is 0.331. The van der Waals surface area contributed by atoms with Crippen LogP contribution in [0.4, 0.5) is 0 Å². The summed E-state index contributed by atoms with van der Waals surface area (Å²) >= 11 is 0. The molecule has 0 atom stereocenters. The number of aromatic carboxylic acids is 1. The number of fused-ring (bicyclic) bond motifs is 1. The fourth-order valence-corrected chi connectivity index (χ4v) is 1.76. The molecule has 0 amide bonds. The molecule has 4 nitrogen and oxygen atoms in total. The molecule has 20 heavy (non-hydrogen) atoms. The van der Waals surface area contributed by atoms with Gasteiger partial charge in [0.15, 0.2) is 0 Å². The lowest BCUT2D eigenvalue weighted by molar-refractivity contribution is 0.0697. The van der Waals surface area contributed by atoms with E-state index in [1.165, 1.54) is 0 Å². The van der Waals surface area contributed by atoms with Gasteiger partial charge in [0.05, 0.1) is 17.2 Å². The van der Waals surface area contributed by atoms with Crippen molar-refractivity contribution in [1.29, 1.82) is 5.26 Å². The maximum absolute atomic E-state index is 10.2. The number of nitrogens with zero attached hydrogens (tertiary/aromatic N) is 1. The van der Waals surface area contributed by atoms with Crippen LogP contribution in [0.2, 0.25) is 0 Å². The number of H-pyrrole nitrogens is 1. The molecule has 1 heterocycles. The molecule has 0 unspecified atom stereocenters. The van der Waals surface area contributed by atoms with Gasteiger partial charge in [-0.25, -0.2) is 4.79 Å². The monoisotopic (exact) mass is 264 g/mol. The molecular weight excluding hydrogens is 252 g/mol. The number of nitriles is 1. The molecule has 0 bridgehead atoms. The molecule has 1 aromatic heterocycles. The Kier molecular flexibility index (Phi) is 4.15. The van der Waals surface area contributed by atoms with Crippen molar-refractivity contribution in [1.82, 2.24) is 4.98 Å². The fourth-order valence-electron chi connectivity index (χ4n) is 1.76. The topological polar surface area (TPSA) is 76.9 Å². The molecule has 0 aliphatic carbocycles. The first-order chi connectivity index (χ1) is 9.72. The number of hydrogen-bond acceptors (Lipinski definition) is 2. The Balaban J connectivity index is 0.000000151. The Labute approximate surface area is 115 Å². The van der Waals surface area contributed by atoms with E-state index in [4.69, 9.17) is 10.4 Å². The third-order valence-corrected chi connectivity index (χ3v) is 2.74. The van der Waals surface area contributed by atoms with Crippen molar-refractivity contribution in [2.45, 2.75) is 0 Å². The maximum Gasteiger partial charge on any atom is 0.335 e. The van der Waals surface area contributed by atoms with Gasteiger partial charge >= 0.3 is 5.97 Å². The minimum Gasteiger partial charge on any atom is -0.478 e. The van der Waals surface area contributed by atoms with Crippen LogP contribution >= 0.6 is 0 Å². The van der Waals surface area contributed by atoms with Gasteiger partial charge in [-0.15, -0.1) is 0 Å². The van der Waals surface area contributed by atoms with Gasteiger partial charge < -0.3 is 10.1 Å². The Hall–Kier alpha value is -3.06. The summed E-state index contributed by atoms with van der Waals surface area (Å²) in [5.74, 6) is -0.879. The van der Waals surface area contributed by atoms with Gasteiger partial charge in [-0.3, -0.25) is 0 Å². The highest BCUT2D eigenvalue weighted by atomic mass is 16.4. The molecule has 3 aromatic rings. The van der Waals surface area contributed by atoms with Crippen molar-refractivity contribution in [3.8, 4) is 6.07 Å². The average Bonchev–Trinajstić information content (AvgIpc) is 2.97. The van der Waals surface area contributed by atoms with Crippen LogP contribution in [-0.2, 0) is 0 Å². The van der Waals surface area contributed by atoms with E-state index in [0.717, 1.165) is 16.5 Å². The molecule has 0 saturated heterocycles. The first-order valence-electron chi connectivity index (χ1n) is 5.97. The van der Waals surface area contributed by atoms with E-state index in [9.17, 15) is 4.79 Å². The lowest BCUT2D eigenvalue weighted by Crippen LogP contribution is -1.93. The number of aromatic nitrogens is 1. The minimum atomic E-state index is -0.879. The van der Waals surface area contributed by atoms with E-state index in [0.29, 0.717) is 5.56 Å². The summed E-state index contributed by atoms with van der Waals surface area (Å²) in [6.45, 7) is 0. The molecule has 0 aliphatic heterocycles. The molecular formula is C16H12N2O2. The van der Waals surface area contributed by atoms with Gasteiger partial charge in [0.2, 0.25) is 0 Å². The SMILES string of the molecule is N#Cc1cccc2[nH]ccc12.O=C(O)c1ccccc1. The van der Waals surface area contributed by atoms with Crippen molar-refractivity contribution >= 4 is 16.9 Å². The Morgan fingerprint density at radius 1 is 1.05 bits per heavy atom. The third kappa shape index (κ3) is 3.03. The highest BCUT2D eigenvalue weighted by Crippen LogP contribution is 2.15. The Morgan fingerprint density at radius 2 is 1.80 bits per heavy atom. The normalized spacial score (nSPS) is 9.35. The molecule has 3 rings (SSSR count). The second-order valence-corrected chi connectivity index (χ2v) is 4.03. The molecule has 0 aliphatic rings. The third-order valence-electron chi connectivity index (χ3n) is 2.74. The molecule has 4 heteroatoms. The predicted molar refractivity (Wildman–Crippen MR) is 76.4 cm³/mol. The zero-order valence-electron chi connectivity index (χ0n) is 10.6. The van der Waals surface area contributed by atoms with Crippen LogP contribution in [-0.4, -0.2) is 16.1 Å². The molecule has 2 aromatic carbocycles. The number of carboxylic acid groups (broad SMARTS) is 1.